The minimum absolute atomic E-state index is 0.116. The Labute approximate surface area is 341 Å². The zero-order valence-electron chi connectivity index (χ0n) is 32.3. The van der Waals surface area contributed by atoms with Crippen molar-refractivity contribution in [3.05, 3.63) is 205 Å². The van der Waals surface area contributed by atoms with Gasteiger partial charge in [0.05, 0.1) is 11.0 Å². The number of rotatable bonds is 5. The molecule has 2 aromatic heterocycles. The highest BCUT2D eigenvalue weighted by Gasteiger charge is 2.35. The highest BCUT2D eigenvalue weighted by atomic mass is 32.1. The molecule has 9 aromatic carbocycles. The first-order valence-electron chi connectivity index (χ1n) is 20.1. The molecular formula is C55H38N2S. The number of aromatic nitrogens is 1. The normalized spacial score (nSPS) is 13.1. The third kappa shape index (κ3) is 4.84. The number of hydrogen-bond donors (Lipinski definition) is 0. The maximum atomic E-state index is 2.45. The van der Waals surface area contributed by atoms with Crippen LogP contribution in [-0.4, -0.2) is 4.57 Å². The van der Waals surface area contributed by atoms with Gasteiger partial charge in [-0.15, -0.1) is 11.3 Å². The number of para-hydroxylation sites is 2. The first-order chi connectivity index (χ1) is 28.5. The van der Waals surface area contributed by atoms with Gasteiger partial charge in [-0.2, -0.15) is 0 Å². The van der Waals surface area contributed by atoms with Crippen molar-refractivity contribution in [1.29, 1.82) is 0 Å². The Bertz CT molecular complexity index is 3420. The van der Waals surface area contributed by atoms with E-state index in [4.69, 9.17) is 0 Å². The average Bonchev–Trinajstić information content (AvgIpc) is 3.90. The van der Waals surface area contributed by atoms with Crippen molar-refractivity contribution in [3.63, 3.8) is 0 Å². The van der Waals surface area contributed by atoms with Gasteiger partial charge in [-0.05, 0) is 98.8 Å². The van der Waals surface area contributed by atoms with Crippen LogP contribution in [0.15, 0.2) is 194 Å². The molecule has 2 nitrogen and oxygen atoms in total. The minimum Gasteiger partial charge on any atom is -0.310 e. The molecule has 12 rings (SSSR count). The van der Waals surface area contributed by atoms with Crippen LogP contribution in [0, 0.1) is 0 Å². The Kier molecular flexibility index (Phi) is 7.18. The van der Waals surface area contributed by atoms with Gasteiger partial charge >= 0.3 is 0 Å². The van der Waals surface area contributed by atoms with E-state index in [1.165, 1.54) is 86.1 Å². The maximum absolute atomic E-state index is 2.45. The Morgan fingerprint density at radius 1 is 0.414 bits per heavy atom. The molecule has 0 saturated heterocycles. The summed E-state index contributed by atoms with van der Waals surface area (Å²) in [6.45, 7) is 4.73. The summed E-state index contributed by atoms with van der Waals surface area (Å²) in [6.07, 6.45) is 0. The zero-order valence-corrected chi connectivity index (χ0v) is 33.1. The first kappa shape index (κ1) is 33.2. The van der Waals surface area contributed by atoms with E-state index in [2.05, 4.69) is 217 Å². The lowest BCUT2D eigenvalue weighted by molar-refractivity contribution is 0.660. The molecule has 0 aliphatic heterocycles. The smallest absolute Gasteiger partial charge is 0.0561 e. The van der Waals surface area contributed by atoms with Gasteiger partial charge in [0, 0.05) is 59.1 Å². The van der Waals surface area contributed by atoms with E-state index in [9.17, 15) is 0 Å². The van der Waals surface area contributed by atoms with E-state index < -0.39 is 0 Å². The summed E-state index contributed by atoms with van der Waals surface area (Å²) in [7, 11) is 0. The van der Waals surface area contributed by atoms with E-state index in [1.54, 1.807) is 0 Å². The van der Waals surface area contributed by atoms with Crippen LogP contribution in [0.2, 0.25) is 0 Å². The summed E-state index contributed by atoms with van der Waals surface area (Å²) < 4.78 is 5.10. The van der Waals surface area contributed by atoms with Crippen molar-refractivity contribution >= 4 is 81.1 Å². The summed E-state index contributed by atoms with van der Waals surface area (Å²) in [5.41, 5.74) is 14.7. The van der Waals surface area contributed by atoms with Gasteiger partial charge in [0.25, 0.3) is 0 Å². The van der Waals surface area contributed by atoms with Crippen LogP contribution in [0.4, 0.5) is 17.1 Å². The number of benzene rings is 9. The van der Waals surface area contributed by atoms with E-state index in [0.717, 1.165) is 22.7 Å². The van der Waals surface area contributed by atoms with Crippen molar-refractivity contribution < 1.29 is 0 Å². The van der Waals surface area contributed by atoms with E-state index in [-0.39, 0.29) is 5.41 Å². The number of nitrogens with zero attached hydrogens (tertiary/aromatic N) is 2. The molecule has 0 unspecified atom stereocenters. The van der Waals surface area contributed by atoms with Crippen molar-refractivity contribution in [2.75, 3.05) is 4.90 Å². The topological polar surface area (TPSA) is 8.17 Å². The van der Waals surface area contributed by atoms with Gasteiger partial charge in [0.1, 0.15) is 0 Å². The molecule has 0 radical (unpaired) electrons. The van der Waals surface area contributed by atoms with Gasteiger partial charge in [-0.25, -0.2) is 0 Å². The van der Waals surface area contributed by atoms with E-state index >= 15 is 0 Å². The predicted molar refractivity (Wildman–Crippen MR) is 249 cm³/mol. The van der Waals surface area contributed by atoms with Gasteiger partial charge in [0.15, 0.2) is 0 Å². The van der Waals surface area contributed by atoms with Crippen LogP contribution >= 0.6 is 11.3 Å². The second-order valence-electron chi connectivity index (χ2n) is 16.1. The molecule has 11 aromatic rings. The quantitative estimate of drug-likeness (QED) is 0.170. The molecule has 1 aliphatic rings. The zero-order chi connectivity index (χ0) is 38.5. The molecule has 0 spiro atoms. The van der Waals surface area contributed by atoms with E-state index in [0.29, 0.717) is 0 Å². The fourth-order valence-corrected chi connectivity index (χ4v) is 11.1. The van der Waals surface area contributed by atoms with Crippen molar-refractivity contribution in [2.45, 2.75) is 19.3 Å². The summed E-state index contributed by atoms with van der Waals surface area (Å²) in [6, 6.07) is 71.8. The van der Waals surface area contributed by atoms with Crippen LogP contribution in [0.5, 0.6) is 0 Å². The fourth-order valence-electron chi connectivity index (χ4n) is 9.78. The molecule has 3 heteroatoms. The Balaban J connectivity index is 1.05. The summed E-state index contributed by atoms with van der Waals surface area (Å²) in [5, 5.41) is 7.75. The number of fused-ring (bicyclic) bond motifs is 11. The highest BCUT2D eigenvalue weighted by molar-refractivity contribution is 7.27. The predicted octanol–water partition coefficient (Wildman–Crippen LogP) is 15.7. The Morgan fingerprint density at radius 2 is 1.03 bits per heavy atom. The summed E-state index contributed by atoms with van der Waals surface area (Å²) in [4.78, 5) is 2.45. The molecule has 0 amide bonds. The lowest BCUT2D eigenvalue weighted by Gasteiger charge is -2.28. The fraction of sp³-hybridized carbons (Fsp3) is 0.0545. The molecule has 274 valence electrons. The van der Waals surface area contributed by atoms with Crippen LogP contribution < -0.4 is 4.90 Å². The highest BCUT2D eigenvalue weighted by Crippen LogP contribution is 2.51. The molecule has 1 aliphatic carbocycles. The largest absolute Gasteiger partial charge is 0.310 e. The van der Waals surface area contributed by atoms with Gasteiger partial charge in [0.2, 0.25) is 0 Å². The second-order valence-corrected chi connectivity index (χ2v) is 17.1. The molecule has 0 bridgehead atoms. The molecule has 0 fully saturated rings. The van der Waals surface area contributed by atoms with Gasteiger partial charge in [-0.3, -0.25) is 0 Å². The first-order valence-corrected chi connectivity index (χ1v) is 20.9. The monoisotopic (exact) mass is 758 g/mol. The molecule has 58 heavy (non-hydrogen) atoms. The number of hydrogen-bond acceptors (Lipinski definition) is 2. The van der Waals surface area contributed by atoms with Crippen LogP contribution in [-0.2, 0) is 5.41 Å². The lowest BCUT2D eigenvalue weighted by Crippen LogP contribution is -2.16. The van der Waals surface area contributed by atoms with Crippen LogP contribution in [0.25, 0.3) is 80.7 Å². The summed E-state index contributed by atoms with van der Waals surface area (Å²) in [5.74, 6) is 0. The van der Waals surface area contributed by atoms with Crippen LogP contribution in [0.3, 0.4) is 0 Å². The standard InChI is InChI=1S/C55H38N2S/c1-55(2)49-21-10-8-17-43(49)44-31-28-39(33-50(44)55)56(40-29-32-46-45-18-9-11-22-51(45)57(52(46)34-40)37-14-4-3-5-15-37)38-26-23-36(24-27-38)42-19-12-20-47-48-30-25-35-13-6-7-16-41(35)54(48)58-53(42)47/h3-34H,1-2H3. The Morgan fingerprint density at radius 3 is 1.91 bits per heavy atom. The molecule has 0 N–H and O–H groups in total. The SMILES string of the molecule is CC1(C)c2ccccc2-c2ccc(N(c3ccc(-c4cccc5c4sc4c6ccccc6ccc54)cc3)c3ccc4c5ccccc5n(-c5ccccc5)c4c3)cc21. The third-order valence-electron chi connectivity index (χ3n) is 12.6. The van der Waals surface area contributed by atoms with Gasteiger partial charge in [-0.1, -0.05) is 153 Å². The molecule has 0 atom stereocenters. The lowest BCUT2D eigenvalue weighted by atomic mass is 9.82. The average molecular weight is 759 g/mol. The van der Waals surface area contributed by atoms with Crippen molar-refractivity contribution in [3.8, 4) is 27.9 Å². The minimum atomic E-state index is -0.116. The number of thiophene rings is 1. The van der Waals surface area contributed by atoms with Crippen molar-refractivity contribution in [1.82, 2.24) is 4.57 Å². The van der Waals surface area contributed by atoms with Gasteiger partial charge < -0.3 is 9.47 Å². The Hall–Kier alpha value is -6.94. The van der Waals surface area contributed by atoms with Crippen LogP contribution in [0.1, 0.15) is 25.0 Å². The number of anilines is 3. The molecular weight excluding hydrogens is 721 g/mol. The molecule has 2 heterocycles. The second kappa shape index (κ2) is 12.5. The summed E-state index contributed by atoms with van der Waals surface area (Å²) >= 11 is 1.91. The van der Waals surface area contributed by atoms with Crippen molar-refractivity contribution in [2.24, 2.45) is 0 Å². The maximum Gasteiger partial charge on any atom is 0.0561 e. The molecule has 0 saturated carbocycles. The third-order valence-corrected chi connectivity index (χ3v) is 13.9. The van der Waals surface area contributed by atoms with E-state index in [1.807, 2.05) is 11.3 Å².